The van der Waals surface area contributed by atoms with Crippen molar-refractivity contribution in [3.05, 3.63) is 179 Å². The van der Waals surface area contributed by atoms with Crippen molar-refractivity contribution >= 4 is 35.2 Å². The summed E-state index contributed by atoms with van der Waals surface area (Å²) in [7, 11) is 0. The Balaban J connectivity index is 1.24. The zero-order valence-electron chi connectivity index (χ0n) is 25.9. The van der Waals surface area contributed by atoms with Crippen molar-refractivity contribution in [2.24, 2.45) is 0 Å². The number of carbonyl (C=O) groups excluding carboxylic acids is 2. The van der Waals surface area contributed by atoms with Crippen LogP contribution in [0.2, 0.25) is 0 Å². The van der Waals surface area contributed by atoms with Crippen LogP contribution < -0.4 is 5.32 Å². The molecule has 47 heavy (non-hydrogen) atoms. The molecule has 7 rings (SSSR count). The highest BCUT2D eigenvalue weighted by Gasteiger charge is 2.62. The van der Waals surface area contributed by atoms with Crippen LogP contribution in [0.25, 0.3) is 0 Å². The van der Waals surface area contributed by atoms with Crippen LogP contribution in [0.3, 0.4) is 0 Å². The van der Waals surface area contributed by atoms with E-state index in [9.17, 15) is 9.59 Å². The van der Waals surface area contributed by atoms with E-state index in [4.69, 9.17) is 16.3 Å². The lowest BCUT2D eigenvalue weighted by atomic mass is 9.76. The van der Waals surface area contributed by atoms with Crippen LogP contribution in [0.4, 0.5) is 0 Å². The number of halogens is 1. The minimum atomic E-state index is -1.02. The van der Waals surface area contributed by atoms with Gasteiger partial charge in [-0.25, -0.2) is 4.79 Å². The number of thioether (sulfide) groups is 1. The number of hydrogen-bond acceptors (Lipinski definition) is 5. The molecule has 2 fully saturated rings. The number of nitrogens with zero attached hydrogens (tertiary/aromatic N) is 1. The zero-order chi connectivity index (χ0) is 32.4. The minimum absolute atomic E-state index is 0.181. The molecule has 2 aliphatic heterocycles. The summed E-state index contributed by atoms with van der Waals surface area (Å²) in [5.74, 6) is -0.228. The highest BCUT2D eigenvalue weighted by Crippen LogP contribution is 2.48. The van der Waals surface area contributed by atoms with Gasteiger partial charge in [-0.1, -0.05) is 152 Å². The van der Waals surface area contributed by atoms with Crippen LogP contribution in [0.5, 0.6) is 0 Å². The van der Waals surface area contributed by atoms with E-state index in [1.807, 2.05) is 122 Å². The van der Waals surface area contributed by atoms with E-state index < -0.39 is 34.6 Å². The molecular formula is C40H35ClN2O3S. The van der Waals surface area contributed by atoms with Gasteiger partial charge in [0.15, 0.2) is 12.1 Å². The fraction of sp³-hybridized carbons (Fsp3) is 0.200. The quantitative estimate of drug-likeness (QED) is 0.0767. The number of nitrogens with one attached hydrogen (secondary N) is 1. The molecule has 2 heterocycles. The van der Waals surface area contributed by atoms with E-state index in [0.29, 0.717) is 5.75 Å². The summed E-state index contributed by atoms with van der Waals surface area (Å²) in [5.41, 5.74) is 3.89. The van der Waals surface area contributed by atoms with E-state index in [0.717, 1.165) is 27.8 Å². The average Bonchev–Trinajstić information content (AvgIpc) is 3.12. The van der Waals surface area contributed by atoms with Gasteiger partial charge in [0.25, 0.3) is 0 Å². The minimum Gasteiger partial charge on any atom is -0.451 e. The Morgan fingerprint density at radius 3 is 1.60 bits per heavy atom. The van der Waals surface area contributed by atoms with E-state index in [1.165, 1.54) is 0 Å². The van der Waals surface area contributed by atoms with Crippen LogP contribution in [-0.4, -0.2) is 44.9 Å². The molecule has 236 valence electrons. The number of alkyl halides is 1. The molecule has 5 aromatic rings. The molecule has 0 radical (unpaired) electrons. The van der Waals surface area contributed by atoms with Gasteiger partial charge in [0.1, 0.15) is 11.4 Å². The Morgan fingerprint density at radius 1 is 0.766 bits per heavy atom. The van der Waals surface area contributed by atoms with Crippen LogP contribution in [0, 0.1) is 0 Å². The molecule has 0 aliphatic carbocycles. The highest BCUT2D eigenvalue weighted by molar-refractivity contribution is 8.00. The van der Waals surface area contributed by atoms with Crippen molar-refractivity contribution in [2.75, 3.05) is 5.75 Å². The third kappa shape index (κ3) is 5.75. The topological polar surface area (TPSA) is 58.6 Å². The zero-order valence-corrected chi connectivity index (χ0v) is 27.5. The predicted molar refractivity (Wildman–Crippen MR) is 188 cm³/mol. The van der Waals surface area contributed by atoms with Gasteiger partial charge in [0.2, 0.25) is 5.91 Å². The SMILES string of the molecule is C[C@@]1(Cl)CS[C@@H]2[C@H](NC(c3ccccc3)(c3ccccc3)c3ccccc3)C(=O)N2[C@H]1C(=O)OC(c1ccccc1)c1ccccc1. The maximum atomic E-state index is 14.4. The standard InChI is InChI=1S/C40H35ClN2O3S/c1-39(41)27-47-37-33(42-40(30-21-11-4-12-22-30,31-23-13-5-14-24-31)32-25-15-6-16-26-32)36(44)43(37)35(39)38(45)46-34(28-17-7-2-8-18-28)29-19-9-3-10-20-29/h2-26,33-35,37,42H,27H2,1H3/t33-,35+,37-,39-/m1/s1. The molecule has 5 nitrogen and oxygen atoms in total. The molecule has 1 N–H and O–H groups in total. The van der Waals surface area contributed by atoms with Gasteiger partial charge in [-0.05, 0) is 34.7 Å². The largest absolute Gasteiger partial charge is 0.451 e. The Morgan fingerprint density at radius 2 is 1.17 bits per heavy atom. The molecule has 0 spiro atoms. The van der Waals surface area contributed by atoms with Gasteiger partial charge in [-0.3, -0.25) is 10.1 Å². The average molecular weight is 659 g/mol. The summed E-state index contributed by atoms with van der Waals surface area (Å²) in [6, 6.07) is 48.4. The summed E-state index contributed by atoms with van der Waals surface area (Å²) >= 11 is 8.69. The first-order valence-electron chi connectivity index (χ1n) is 15.8. The third-order valence-corrected chi connectivity index (χ3v) is 11.2. The van der Waals surface area contributed by atoms with E-state index in [1.54, 1.807) is 16.7 Å². The predicted octanol–water partition coefficient (Wildman–Crippen LogP) is 7.55. The van der Waals surface area contributed by atoms with Gasteiger partial charge in [0, 0.05) is 5.75 Å². The fourth-order valence-corrected chi connectivity index (χ4v) is 8.66. The van der Waals surface area contributed by atoms with Crippen molar-refractivity contribution in [1.29, 1.82) is 0 Å². The molecule has 5 aromatic carbocycles. The number of fused-ring (bicyclic) bond motifs is 1. The monoisotopic (exact) mass is 658 g/mol. The highest BCUT2D eigenvalue weighted by atomic mass is 35.5. The molecule has 2 saturated heterocycles. The molecule has 1 amide bonds. The van der Waals surface area contributed by atoms with Crippen LogP contribution >= 0.6 is 23.4 Å². The summed E-state index contributed by atoms with van der Waals surface area (Å²) in [6.45, 7) is 1.82. The number of amides is 1. The number of hydrogen-bond donors (Lipinski definition) is 1. The Bertz CT molecular complexity index is 1690. The number of benzene rings is 5. The van der Waals surface area contributed by atoms with Gasteiger partial charge < -0.3 is 9.64 Å². The van der Waals surface area contributed by atoms with Gasteiger partial charge in [-0.2, -0.15) is 0 Å². The third-order valence-electron chi connectivity index (χ3n) is 9.12. The van der Waals surface area contributed by atoms with Crippen LogP contribution in [0.1, 0.15) is 40.8 Å². The van der Waals surface area contributed by atoms with Crippen molar-refractivity contribution in [3.63, 3.8) is 0 Å². The van der Waals surface area contributed by atoms with Crippen molar-refractivity contribution < 1.29 is 14.3 Å². The van der Waals surface area contributed by atoms with Crippen LogP contribution in [0.15, 0.2) is 152 Å². The maximum Gasteiger partial charge on any atom is 0.331 e. The molecule has 0 unspecified atom stereocenters. The number of carbonyl (C=O) groups is 2. The van der Waals surface area contributed by atoms with E-state index in [2.05, 4.69) is 41.7 Å². The van der Waals surface area contributed by atoms with Crippen molar-refractivity contribution in [2.45, 2.75) is 40.9 Å². The lowest BCUT2D eigenvalue weighted by Crippen LogP contribution is -2.79. The first-order chi connectivity index (χ1) is 22.9. The van der Waals surface area contributed by atoms with Crippen molar-refractivity contribution in [1.82, 2.24) is 10.2 Å². The lowest BCUT2D eigenvalue weighted by molar-refractivity contribution is -0.169. The number of rotatable bonds is 9. The molecule has 7 heteroatoms. The van der Waals surface area contributed by atoms with E-state index in [-0.39, 0.29) is 11.3 Å². The molecule has 4 atom stereocenters. The Labute approximate surface area is 284 Å². The fourth-order valence-electron chi connectivity index (χ4n) is 6.86. The molecule has 0 bridgehead atoms. The second-order valence-corrected chi connectivity index (χ2v) is 14.2. The summed E-state index contributed by atoms with van der Waals surface area (Å²) in [6.07, 6.45) is -0.641. The summed E-state index contributed by atoms with van der Waals surface area (Å²) in [4.78, 5) is 29.2. The lowest BCUT2D eigenvalue weighted by Gasteiger charge is -2.58. The smallest absolute Gasteiger partial charge is 0.331 e. The Hall–Kier alpha value is -4.36. The van der Waals surface area contributed by atoms with Gasteiger partial charge >= 0.3 is 5.97 Å². The second kappa shape index (κ2) is 13.0. The van der Waals surface area contributed by atoms with Gasteiger partial charge in [-0.15, -0.1) is 23.4 Å². The molecule has 2 aliphatic rings. The first-order valence-corrected chi connectivity index (χ1v) is 17.2. The summed E-state index contributed by atoms with van der Waals surface area (Å²) < 4.78 is 6.30. The normalized spacial score (nSPS) is 22.3. The molecular weight excluding hydrogens is 624 g/mol. The van der Waals surface area contributed by atoms with Crippen LogP contribution in [-0.2, 0) is 19.9 Å². The molecule has 0 saturated carbocycles. The van der Waals surface area contributed by atoms with E-state index >= 15 is 0 Å². The Kier molecular flexibility index (Phi) is 8.67. The van der Waals surface area contributed by atoms with Crippen molar-refractivity contribution in [3.8, 4) is 0 Å². The van der Waals surface area contributed by atoms with Gasteiger partial charge in [0.05, 0.1) is 10.4 Å². The molecule has 0 aromatic heterocycles. The number of ether oxygens (including phenoxy) is 1. The number of esters is 1. The second-order valence-electron chi connectivity index (χ2n) is 12.2. The summed E-state index contributed by atoms with van der Waals surface area (Å²) in [5, 5.41) is 3.51. The number of β-lactam (4-membered cyclic amide) rings is 1. The maximum absolute atomic E-state index is 14.4. The first kappa shape index (κ1) is 31.3.